The van der Waals surface area contributed by atoms with E-state index in [0.717, 1.165) is 45.4 Å². The lowest BCUT2D eigenvalue weighted by Crippen LogP contribution is -2.42. The van der Waals surface area contributed by atoms with Crippen LogP contribution in [0.4, 0.5) is 5.69 Å². The molecule has 2 aromatic rings. The lowest BCUT2D eigenvalue weighted by atomic mass is 9.77. The van der Waals surface area contributed by atoms with Gasteiger partial charge < -0.3 is 9.80 Å². The molecule has 0 bridgehead atoms. The predicted molar refractivity (Wildman–Crippen MR) is 92.9 cm³/mol. The summed E-state index contributed by atoms with van der Waals surface area (Å²) in [6, 6.07) is 10.6. The molecule has 1 amide bonds. The van der Waals surface area contributed by atoms with Crippen molar-refractivity contribution in [3.63, 3.8) is 0 Å². The highest BCUT2D eigenvalue weighted by Gasteiger charge is 2.42. The normalized spacial score (nSPS) is 19.7. The monoisotopic (exact) mass is 322 g/mol. The first-order chi connectivity index (χ1) is 11.8. The highest BCUT2D eigenvalue weighted by Crippen LogP contribution is 2.41. The van der Waals surface area contributed by atoms with Crippen molar-refractivity contribution in [2.45, 2.75) is 19.3 Å². The fourth-order valence-corrected chi connectivity index (χ4v) is 3.97. The molecule has 0 N–H and O–H groups in total. The summed E-state index contributed by atoms with van der Waals surface area (Å²) in [5.41, 5.74) is 2.04. The van der Waals surface area contributed by atoms with Gasteiger partial charge in [0.2, 0.25) is 0 Å². The zero-order valence-corrected chi connectivity index (χ0v) is 13.8. The Kier molecular flexibility index (Phi) is 3.92. The van der Waals surface area contributed by atoms with Crippen molar-refractivity contribution in [1.82, 2.24) is 14.9 Å². The van der Waals surface area contributed by atoms with Crippen LogP contribution in [0.2, 0.25) is 0 Å². The molecule has 0 unspecified atom stereocenters. The van der Waals surface area contributed by atoms with Crippen molar-refractivity contribution in [2.75, 3.05) is 31.1 Å². The van der Waals surface area contributed by atoms with Crippen LogP contribution in [0.25, 0.3) is 0 Å². The molecule has 2 aliphatic rings. The molecular formula is C19H22N4O. The molecule has 0 atom stereocenters. The summed E-state index contributed by atoms with van der Waals surface area (Å²) in [4.78, 5) is 25.1. The molecule has 3 heterocycles. The Morgan fingerprint density at radius 2 is 1.75 bits per heavy atom. The van der Waals surface area contributed by atoms with Gasteiger partial charge in [0.05, 0.1) is 6.20 Å². The SMILES string of the molecule is O=C(c1cnccn1)N1CCC2(CCN(c3ccccc3)CC2)C1. The number of amides is 1. The molecule has 0 radical (unpaired) electrons. The number of carbonyl (C=O) groups excluding carboxylic acids is 1. The minimum Gasteiger partial charge on any atom is -0.371 e. The van der Waals surface area contributed by atoms with E-state index in [-0.39, 0.29) is 11.3 Å². The molecule has 24 heavy (non-hydrogen) atoms. The van der Waals surface area contributed by atoms with E-state index in [1.807, 2.05) is 4.90 Å². The number of likely N-dealkylation sites (tertiary alicyclic amines) is 1. The molecular weight excluding hydrogens is 300 g/mol. The van der Waals surface area contributed by atoms with Crippen LogP contribution >= 0.6 is 0 Å². The fourth-order valence-electron chi connectivity index (χ4n) is 3.97. The summed E-state index contributed by atoms with van der Waals surface area (Å²) in [7, 11) is 0. The molecule has 1 spiro atoms. The smallest absolute Gasteiger partial charge is 0.274 e. The number of nitrogens with zero attached hydrogens (tertiary/aromatic N) is 4. The van der Waals surface area contributed by atoms with Crippen LogP contribution in [0.15, 0.2) is 48.9 Å². The van der Waals surface area contributed by atoms with Gasteiger partial charge in [0.1, 0.15) is 5.69 Å². The number of anilines is 1. The molecule has 2 saturated heterocycles. The van der Waals surface area contributed by atoms with E-state index in [2.05, 4.69) is 45.2 Å². The summed E-state index contributed by atoms with van der Waals surface area (Å²) < 4.78 is 0. The van der Waals surface area contributed by atoms with E-state index in [1.54, 1.807) is 18.6 Å². The van der Waals surface area contributed by atoms with Crippen LogP contribution in [0.3, 0.4) is 0 Å². The van der Waals surface area contributed by atoms with Gasteiger partial charge in [-0.05, 0) is 36.8 Å². The van der Waals surface area contributed by atoms with Crippen LogP contribution in [0.1, 0.15) is 29.8 Å². The summed E-state index contributed by atoms with van der Waals surface area (Å²) in [5, 5.41) is 0. The number of aromatic nitrogens is 2. The van der Waals surface area contributed by atoms with Crippen molar-refractivity contribution in [1.29, 1.82) is 0 Å². The minimum absolute atomic E-state index is 0.0189. The Hall–Kier alpha value is -2.43. The number of hydrogen-bond donors (Lipinski definition) is 0. The maximum absolute atomic E-state index is 12.6. The molecule has 5 nitrogen and oxygen atoms in total. The van der Waals surface area contributed by atoms with Crippen LogP contribution in [0, 0.1) is 5.41 Å². The largest absolute Gasteiger partial charge is 0.371 e. The van der Waals surface area contributed by atoms with Gasteiger partial charge >= 0.3 is 0 Å². The van der Waals surface area contributed by atoms with Crippen LogP contribution in [-0.2, 0) is 0 Å². The van der Waals surface area contributed by atoms with E-state index in [1.165, 1.54) is 5.69 Å². The number of carbonyl (C=O) groups is 1. The van der Waals surface area contributed by atoms with Crippen LogP contribution < -0.4 is 4.90 Å². The summed E-state index contributed by atoms with van der Waals surface area (Å²) in [6.45, 7) is 3.82. The molecule has 0 saturated carbocycles. The van der Waals surface area contributed by atoms with E-state index in [9.17, 15) is 4.79 Å². The minimum atomic E-state index is 0.0189. The van der Waals surface area contributed by atoms with Gasteiger partial charge in [0.25, 0.3) is 5.91 Å². The quantitative estimate of drug-likeness (QED) is 0.853. The number of hydrogen-bond acceptors (Lipinski definition) is 4. The van der Waals surface area contributed by atoms with Gasteiger partial charge in [0, 0.05) is 44.3 Å². The zero-order chi connectivity index (χ0) is 16.4. The lowest BCUT2D eigenvalue weighted by Gasteiger charge is -2.40. The topological polar surface area (TPSA) is 49.3 Å². The van der Waals surface area contributed by atoms with Crippen molar-refractivity contribution < 1.29 is 4.79 Å². The van der Waals surface area contributed by atoms with Gasteiger partial charge in [-0.25, -0.2) is 4.98 Å². The summed E-state index contributed by atoms with van der Waals surface area (Å²) in [6.07, 6.45) is 8.13. The van der Waals surface area contributed by atoms with E-state index in [0.29, 0.717) is 5.69 Å². The first kappa shape index (κ1) is 15.1. The first-order valence-corrected chi connectivity index (χ1v) is 8.61. The standard InChI is InChI=1S/C19H22N4O/c24-18(17-14-20-9-10-21-17)23-13-8-19(15-23)6-11-22(12-7-19)16-4-2-1-3-5-16/h1-5,9-10,14H,6-8,11-13,15H2. The number of benzene rings is 1. The summed E-state index contributed by atoms with van der Waals surface area (Å²) in [5.74, 6) is 0.0189. The average molecular weight is 322 g/mol. The molecule has 4 rings (SSSR count). The van der Waals surface area contributed by atoms with E-state index < -0.39 is 0 Å². The second kappa shape index (κ2) is 6.23. The third kappa shape index (κ3) is 2.86. The van der Waals surface area contributed by atoms with Gasteiger partial charge in [-0.1, -0.05) is 18.2 Å². The molecule has 2 fully saturated rings. The van der Waals surface area contributed by atoms with E-state index in [4.69, 9.17) is 0 Å². The summed E-state index contributed by atoms with van der Waals surface area (Å²) >= 11 is 0. The van der Waals surface area contributed by atoms with Gasteiger partial charge in [-0.2, -0.15) is 0 Å². The highest BCUT2D eigenvalue weighted by atomic mass is 16.2. The van der Waals surface area contributed by atoms with Crippen molar-refractivity contribution in [3.05, 3.63) is 54.6 Å². The van der Waals surface area contributed by atoms with Gasteiger partial charge in [0.15, 0.2) is 0 Å². The third-order valence-corrected chi connectivity index (χ3v) is 5.45. The van der Waals surface area contributed by atoms with Crippen molar-refractivity contribution in [3.8, 4) is 0 Å². The van der Waals surface area contributed by atoms with Crippen LogP contribution in [-0.4, -0.2) is 47.0 Å². The Balaban J connectivity index is 1.40. The Labute approximate surface area is 142 Å². The van der Waals surface area contributed by atoms with E-state index >= 15 is 0 Å². The molecule has 2 aliphatic heterocycles. The highest BCUT2D eigenvalue weighted by molar-refractivity contribution is 5.92. The molecule has 1 aromatic heterocycles. The Morgan fingerprint density at radius 1 is 1.00 bits per heavy atom. The first-order valence-electron chi connectivity index (χ1n) is 8.61. The Bertz CT molecular complexity index is 696. The maximum atomic E-state index is 12.6. The van der Waals surface area contributed by atoms with Gasteiger partial charge in [-0.15, -0.1) is 0 Å². The number of para-hydroxylation sites is 1. The second-order valence-corrected chi connectivity index (χ2v) is 6.89. The zero-order valence-electron chi connectivity index (χ0n) is 13.8. The molecule has 124 valence electrons. The Morgan fingerprint density at radius 3 is 2.46 bits per heavy atom. The molecule has 1 aromatic carbocycles. The van der Waals surface area contributed by atoms with Gasteiger partial charge in [-0.3, -0.25) is 9.78 Å². The van der Waals surface area contributed by atoms with Crippen molar-refractivity contribution >= 4 is 11.6 Å². The second-order valence-electron chi connectivity index (χ2n) is 6.89. The lowest BCUT2D eigenvalue weighted by molar-refractivity contribution is 0.0758. The fraction of sp³-hybridized carbons (Fsp3) is 0.421. The van der Waals surface area contributed by atoms with Crippen LogP contribution in [0.5, 0.6) is 0 Å². The molecule has 0 aliphatic carbocycles. The average Bonchev–Trinajstić information content (AvgIpc) is 3.07. The predicted octanol–water partition coefficient (Wildman–Crippen LogP) is 2.61. The molecule has 5 heteroatoms. The number of piperidine rings is 1. The maximum Gasteiger partial charge on any atom is 0.274 e. The number of rotatable bonds is 2. The van der Waals surface area contributed by atoms with Crippen molar-refractivity contribution in [2.24, 2.45) is 5.41 Å². The third-order valence-electron chi connectivity index (χ3n) is 5.45.